The van der Waals surface area contributed by atoms with Crippen LogP contribution in [-0.4, -0.2) is 36.3 Å². The van der Waals surface area contributed by atoms with Gasteiger partial charge in [0.25, 0.3) is 5.91 Å². The predicted molar refractivity (Wildman–Crippen MR) is 110 cm³/mol. The van der Waals surface area contributed by atoms with Gasteiger partial charge >= 0.3 is 0 Å². The highest BCUT2D eigenvalue weighted by molar-refractivity contribution is 5.93. The van der Waals surface area contributed by atoms with Crippen LogP contribution in [0.5, 0.6) is 0 Å². The Labute approximate surface area is 160 Å². The van der Waals surface area contributed by atoms with Crippen molar-refractivity contribution in [1.82, 2.24) is 15.1 Å². The molecule has 1 amide bonds. The summed E-state index contributed by atoms with van der Waals surface area (Å²) in [6, 6.07) is 18.4. The minimum absolute atomic E-state index is 0.145. The fourth-order valence-corrected chi connectivity index (χ4v) is 2.94. The zero-order valence-corrected chi connectivity index (χ0v) is 16.4. The van der Waals surface area contributed by atoms with E-state index in [1.165, 1.54) is 16.8 Å². The molecule has 5 nitrogen and oxygen atoms in total. The fourth-order valence-electron chi connectivity index (χ4n) is 2.94. The molecule has 1 heterocycles. The maximum atomic E-state index is 12.4. The molecule has 3 aromatic rings. The van der Waals surface area contributed by atoms with Crippen LogP contribution in [0.4, 0.5) is 5.69 Å². The number of rotatable bonds is 6. The SMILES string of the molecule is Cc1ccc(-c2cc(C(=O)NCCc3ccc(N(C)C)cc3)nn2C)cc1. The summed E-state index contributed by atoms with van der Waals surface area (Å²) >= 11 is 0. The molecule has 5 heteroatoms. The van der Waals surface area contributed by atoms with Crippen LogP contribution < -0.4 is 10.2 Å². The first-order chi connectivity index (χ1) is 12.9. The van der Waals surface area contributed by atoms with Crippen LogP contribution in [0, 0.1) is 6.92 Å². The maximum Gasteiger partial charge on any atom is 0.271 e. The molecule has 1 N–H and O–H groups in total. The number of amides is 1. The van der Waals surface area contributed by atoms with E-state index in [-0.39, 0.29) is 5.91 Å². The van der Waals surface area contributed by atoms with E-state index in [0.717, 1.165) is 17.7 Å². The highest BCUT2D eigenvalue weighted by Crippen LogP contribution is 2.20. The highest BCUT2D eigenvalue weighted by atomic mass is 16.1. The molecule has 2 aromatic carbocycles. The third kappa shape index (κ3) is 4.56. The van der Waals surface area contributed by atoms with Crippen molar-refractivity contribution in [2.75, 3.05) is 25.5 Å². The number of hydrogen-bond donors (Lipinski definition) is 1. The lowest BCUT2D eigenvalue weighted by molar-refractivity contribution is 0.0948. The van der Waals surface area contributed by atoms with Gasteiger partial charge in [0.1, 0.15) is 0 Å². The third-order valence-electron chi connectivity index (χ3n) is 4.61. The van der Waals surface area contributed by atoms with Crippen LogP contribution >= 0.6 is 0 Å². The summed E-state index contributed by atoms with van der Waals surface area (Å²) in [5, 5.41) is 7.33. The van der Waals surface area contributed by atoms with E-state index in [1.54, 1.807) is 4.68 Å². The van der Waals surface area contributed by atoms with E-state index in [4.69, 9.17) is 0 Å². The summed E-state index contributed by atoms with van der Waals surface area (Å²) in [6.07, 6.45) is 0.789. The second-order valence-corrected chi connectivity index (χ2v) is 6.97. The minimum Gasteiger partial charge on any atom is -0.378 e. The van der Waals surface area contributed by atoms with Crippen LogP contribution in [-0.2, 0) is 13.5 Å². The molecular weight excluding hydrogens is 336 g/mol. The standard InChI is InChI=1S/C22H26N4O/c1-16-5-9-18(10-6-16)21-15-20(24-26(21)4)22(27)23-14-13-17-7-11-19(12-8-17)25(2)3/h5-12,15H,13-14H2,1-4H3,(H,23,27). The molecule has 0 saturated heterocycles. The Morgan fingerprint density at radius 3 is 2.37 bits per heavy atom. The first-order valence-corrected chi connectivity index (χ1v) is 9.09. The van der Waals surface area contributed by atoms with Gasteiger partial charge in [-0.2, -0.15) is 5.10 Å². The summed E-state index contributed by atoms with van der Waals surface area (Å²) < 4.78 is 1.75. The Bertz CT molecular complexity index is 908. The lowest BCUT2D eigenvalue weighted by Crippen LogP contribution is -2.26. The number of aryl methyl sites for hydroxylation is 2. The van der Waals surface area contributed by atoms with E-state index in [0.29, 0.717) is 12.2 Å². The van der Waals surface area contributed by atoms with Gasteiger partial charge in [-0.3, -0.25) is 9.48 Å². The van der Waals surface area contributed by atoms with Crippen molar-refractivity contribution in [3.8, 4) is 11.3 Å². The summed E-state index contributed by atoms with van der Waals surface area (Å²) in [5.74, 6) is -0.145. The van der Waals surface area contributed by atoms with Gasteiger partial charge in [0.15, 0.2) is 5.69 Å². The molecule has 0 aliphatic carbocycles. The first-order valence-electron chi connectivity index (χ1n) is 9.09. The monoisotopic (exact) mass is 362 g/mol. The Morgan fingerprint density at radius 2 is 1.74 bits per heavy atom. The second-order valence-electron chi connectivity index (χ2n) is 6.97. The van der Waals surface area contributed by atoms with Crippen LogP contribution in [0.2, 0.25) is 0 Å². The molecule has 0 aliphatic heterocycles. The van der Waals surface area contributed by atoms with Gasteiger partial charge in [0, 0.05) is 33.4 Å². The number of nitrogens with zero attached hydrogens (tertiary/aromatic N) is 3. The van der Waals surface area contributed by atoms with Crippen molar-refractivity contribution >= 4 is 11.6 Å². The van der Waals surface area contributed by atoms with Gasteiger partial charge < -0.3 is 10.2 Å². The van der Waals surface area contributed by atoms with Crippen LogP contribution in [0.3, 0.4) is 0 Å². The lowest BCUT2D eigenvalue weighted by Gasteiger charge is -2.12. The van der Waals surface area contributed by atoms with Crippen molar-refractivity contribution in [3.63, 3.8) is 0 Å². The van der Waals surface area contributed by atoms with Gasteiger partial charge in [-0.1, -0.05) is 42.0 Å². The summed E-state index contributed by atoms with van der Waals surface area (Å²) in [7, 11) is 5.90. The summed E-state index contributed by atoms with van der Waals surface area (Å²) in [6.45, 7) is 2.64. The Balaban J connectivity index is 1.60. The van der Waals surface area contributed by atoms with Crippen molar-refractivity contribution in [2.24, 2.45) is 7.05 Å². The molecule has 0 bridgehead atoms. The lowest BCUT2D eigenvalue weighted by atomic mass is 10.1. The molecule has 0 atom stereocenters. The molecule has 27 heavy (non-hydrogen) atoms. The predicted octanol–water partition coefficient (Wildman–Crippen LogP) is 3.43. The van der Waals surface area contributed by atoms with Crippen molar-refractivity contribution < 1.29 is 4.79 Å². The van der Waals surface area contributed by atoms with Gasteiger partial charge in [0.05, 0.1) is 5.69 Å². The molecule has 3 rings (SSSR count). The van der Waals surface area contributed by atoms with E-state index in [2.05, 4.69) is 58.6 Å². The number of benzene rings is 2. The number of carbonyl (C=O) groups is 1. The topological polar surface area (TPSA) is 50.2 Å². The average molecular weight is 362 g/mol. The van der Waals surface area contributed by atoms with Gasteiger partial charge in [-0.15, -0.1) is 0 Å². The molecule has 0 unspecified atom stereocenters. The fraction of sp³-hybridized carbons (Fsp3) is 0.273. The van der Waals surface area contributed by atoms with Crippen LogP contribution in [0.15, 0.2) is 54.6 Å². The van der Waals surface area contributed by atoms with E-state index in [1.807, 2.05) is 39.3 Å². The van der Waals surface area contributed by atoms with Crippen LogP contribution in [0.25, 0.3) is 11.3 Å². The number of hydrogen-bond acceptors (Lipinski definition) is 3. The Kier molecular flexibility index (Phi) is 5.60. The van der Waals surface area contributed by atoms with E-state index >= 15 is 0 Å². The van der Waals surface area contributed by atoms with Crippen LogP contribution in [0.1, 0.15) is 21.6 Å². The van der Waals surface area contributed by atoms with Crippen molar-refractivity contribution in [3.05, 3.63) is 71.4 Å². The quantitative estimate of drug-likeness (QED) is 0.731. The summed E-state index contributed by atoms with van der Waals surface area (Å²) in [5.41, 5.74) is 5.99. The maximum absolute atomic E-state index is 12.4. The Morgan fingerprint density at radius 1 is 1.07 bits per heavy atom. The smallest absolute Gasteiger partial charge is 0.271 e. The van der Waals surface area contributed by atoms with E-state index in [9.17, 15) is 4.79 Å². The molecule has 1 aromatic heterocycles. The normalized spacial score (nSPS) is 10.7. The van der Waals surface area contributed by atoms with Crippen molar-refractivity contribution in [2.45, 2.75) is 13.3 Å². The number of anilines is 1. The molecule has 0 radical (unpaired) electrons. The van der Waals surface area contributed by atoms with Gasteiger partial charge in [-0.05, 0) is 42.7 Å². The molecule has 0 spiro atoms. The molecule has 0 aliphatic rings. The zero-order valence-electron chi connectivity index (χ0n) is 16.4. The molecule has 140 valence electrons. The second kappa shape index (κ2) is 8.08. The third-order valence-corrected chi connectivity index (χ3v) is 4.61. The number of nitrogens with one attached hydrogen (secondary N) is 1. The largest absolute Gasteiger partial charge is 0.378 e. The average Bonchev–Trinajstić information content (AvgIpc) is 3.04. The molecule has 0 saturated carbocycles. The number of carbonyl (C=O) groups excluding carboxylic acids is 1. The molecular formula is C22H26N4O. The van der Waals surface area contributed by atoms with Crippen molar-refractivity contribution in [1.29, 1.82) is 0 Å². The van der Waals surface area contributed by atoms with Gasteiger partial charge in [0.2, 0.25) is 0 Å². The minimum atomic E-state index is -0.145. The zero-order chi connectivity index (χ0) is 19.4. The van der Waals surface area contributed by atoms with Gasteiger partial charge in [-0.25, -0.2) is 0 Å². The highest BCUT2D eigenvalue weighted by Gasteiger charge is 2.13. The molecule has 0 fully saturated rings. The van der Waals surface area contributed by atoms with E-state index < -0.39 is 0 Å². The number of aromatic nitrogens is 2. The first kappa shape index (κ1) is 18.7. The Hall–Kier alpha value is -3.08. The summed E-state index contributed by atoms with van der Waals surface area (Å²) in [4.78, 5) is 14.5.